The Bertz CT molecular complexity index is 1600. The molecule has 3 aromatic rings. The van der Waals surface area contributed by atoms with Gasteiger partial charge in [0.05, 0.1) is 38.4 Å². The molecule has 7 N–H and O–H groups in total. The van der Waals surface area contributed by atoms with Crippen molar-refractivity contribution < 1.29 is 44.2 Å². The molecule has 1 aromatic heterocycles. The maximum Gasteiger partial charge on any atom is 0.310 e. The number of rotatable bonds is 14. The van der Waals surface area contributed by atoms with Gasteiger partial charge in [-0.05, 0) is 78.9 Å². The molecule has 7 atom stereocenters. The van der Waals surface area contributed by atoms with Crippen LogP contribution in [0.4, 0.5) is 5.82 Å². The highest BCUT2D eigenvalue weighted by atomic mass is 16.5. The van der Waals surface area contributed by atoms with Gasteiger partial charge in [-0.3, -0.25) is 4.79 Å². The Kier molecular flexibility index (Phi) is 11.3. The molecule has 2 aliphatic rings. The average Bonchev–Trinajstić information content (AvgIpc) is 3.52. The summed E-state index contributed by atoms with van der Waals surface area (Å²) < 4.78 is 23.5. The number of anilines is 1. The number of carboxylic acids is 1. The standard InChI is InChI=1S/C36H45N3O9/c1-4-38-27(34-25(8-9-26(34)36(43)44)21-11-12-39-33(37)16-21)19-47-32-15-22(14-31(46-3)35(32)42)29-18-23(40)17-24(48-29)7-5-20-6-10-28(41)30(13-20)45-2/h6,8-16,23-27,29,34,38,40-42H,4-5,7,17-19H2,1-3H3,(H2,37,39)(H,43,44). The number of benzene rings is 2. The van der Waals surface area contributed by atoms with Crippen LogP contribution >= 0.6 is 0 Å². The van der Waals surface area contributed by atoms with Crippen molar-refractivity contribution in [2.45, 2.75) is 62.9 Å². The van der Waals surface area contributed by atoms with Gasteiger partial charge in [-0.15, -0.1) is 0 Å². The van der Waals surface area contributed by atoms with Gasteiger partial charge in [0.15, 0.2) is 23.0 Å². The number of aliphatic hydroxyl groups excluding tert-OH is 1. The number of nitrogens with zero attached hydrogens (tertiary/aromatic N) is 1. The molecule has 7 unspecified atom stereocenters. The van der Waals surface area contributed by atoms with Gasteiger partial charge in [-0.1, -0.05) is 25.1 Å². The number of hydrogen-bond acceptors (Lipinski definition) is 11. The molecule has 2 aromatic carbocycles. The molecule has 0 spiro atoms. The number of nitrogen functional groups attached to an aromatic ring is 1. The molecule has 1 aliphatic heterocycles. The zero-order valence-corrected chi connectivity index (χ0v) is 27.4. The Morgan fingerprint density at radius 3 is 2.52 bits per heavy atom. The zero-order valence-electron chi connectivity index (χ0n) is 27.4. The fourth-order valence-corrected chi connectivity index (χ4v) is 6.87. The van der Waals surface area contributed by atoms with Crippen molar-refractivity contribution in [2.75, 3.05) is 33.1 Å². The third kappa shape index (κ3) is 7.95. The van der Waals surface area contributed by atoms with Gasteiger partial charge in [0.25, 0.3) is 0 Å². The molecule has 5 rings (SSSR count). The number of likely N-dealkylation sites (N-methyl/N-ethyl adjacent to an activating group) is 1. The van der Waals surface area contributed by atoms with E-state index >= 15 is 0 Å². The molecule has 12 nitrogen and oxygen atoms in total. The summed E-state index contributed by atoms with van der Waals surface area (Å²) in [6.45, 7) is 2.55. The maximum absolute atomic E-state index is 12.4. The maximum atomic E-state index is 12.4. The van der Waals surface area contributed by atoms with Gasteiger partial charge in [0.2, 0.25) is 5.75 Å². The van der Waals surface area contributed by atoms with Crippen molar-refractivity contribution in [3.05, 3.63) is 77.5 Å². The SMILES string of the molecule is CCNC(COc1cc(C2CC(O)CC(CCc3ccc(O)c(OC)c3)O2)cc(OC)c1O)C1C(C(=O)O)C=CC1c1ccnc(N)c1. The number of nitrogens with one attached hydrogen (secondary N) is 1. The number of phenolic OH excluding ortho intramolecular Hbond substituents is 2. The highest BCUT2D eigenvalue weighted by molar-refractivity contribution is 5.74. The lowest BCUT2D eigenvalue weighted by molar-refractivity contribution is -0.142. The quantitative estimate of drug-likeness (QED) is 0.134. The minimum absolute atomic E-state index is 0.0497. The molecule has 12 heteroatoms. The fraction of sp³-hybridized carbons (Fsp3) is 0.444. The molecule has 1 saturated heterocycles. The smallest absolute Gasteiger partial charge is 0.310 e. The Morgan fingerprint density at radius 2 is 1.81 bits per heavy atom. The summed E-state index contributed by atoms with van der Waals surface area (Å²) in [6, 6.07) is 11.8. The van der Waals surface area contributed by atoms with Crippen LogP contribution in [-0.4, -0.2) is 77.0 Å². The summed E-state index contributed by atoms with van der Waals surface area (Å²) in [4.78, 5) is 16.4. The summed E-state index contributed by atoms with van der Waals surface area (Å²) in [6.07, 6.45) is 5.97. The molecular weight excluding hydrogens is 618 g/mol. The van der Waals surface area contributed by atoms with E-state index in [1.54, 1.807) is 42.6 Å². The van der Waals surface area contributed by atoms with Crippen molar-refractivity contribution in [3.8, 4) is 28.7 Å². The first-order valence-electron chi connectivity index (χ1n) is 16.2. The van der Waals surface area contributed by atoms with Crippen LogP contribution in [0, 0.1) is 11.8 Å². The van der Waals surface area contributed by atoms with Gasteiger partial charge < -0.3 is 50.4 Å². The number of pyridine rings is 1. The van der Waals surface area contributed by atoms with Crippen LogP contribution in [0.2, 0.25) is 0 Å². The van der Waals surface area contributed by atoms with Crippen LogP contribution in [0.5, 0.6) is 28.7 Å². The summed E-state index contributed by atoms with van der Waals surface area (Å²) in [5.41, 5.74) is 8.46. The summed E-state index contributed by atoms with van der Waals surface area (Å²) in [7, 11) is 2.95. The van der Waals surface area contributed by atoms with E-state index in [2.05, 4.69) is 10.3 Å². The highest BCUT2D eigenvalue weighted by Crippen LogP contribution is 2.44. The van der Waals surface area contributed by atoms with Crippen LogP contribution in [0.3, 0.4) is 0 Å². The molecule has 0 amide bonds. The topological polar surface area (TPSA) is 186 Å². The number of aromatic nitrogens is 1. The van der Waals surface area contributed by atoms with E-state index in [1.807, 2.05) is 25.1 Å². The third-order valence-electron chi connectivity index (χ3n) is 9.21. The van der Waals surface area contributed by atoms with Crippen LogP contribution in [-0.2, 0) is 16.0 Å². The first-order chi connectivity index (χ1) is 23.1. The number of hydrogen-bond donors (Lipinski definition) is 6. The van der Waals surface area contributed by atoms with E-state index in [4.69, 9.17) is 24.7 Å². The number of nitrogens with two attached hydrogens (primary N) is 1. The van der Waals surface area contributed by atoms with Crippen molar-refractivity contribution in [2.24, 2.45) is 11.8 Å². The third-order valence-corrected chi connectivity index (χ3v) is 9.21. The number of allylic oxidation sites excluding steroid dienone is 1. The van der Waals surface area contributed by atoms with Crippen LogP contribution in [0.15, 0.2) is 60.8 Å². The summed E-state index contributed by atoms with van der Waals surface area (Å²) >= 11 is 0. The number of aliphatic hydroxyl groups is 1. The predicted octanol–water partition coefficient (Wildman–Crippen LogP) is 4.33. The van der Waals surface area contributed by atoms with E-state index < -0.39 is 36.1 Å². The molecule has 0 bridgehead atoms. The molecule has 1 aliphatic carbocycles. The predicted molar refractivity (Wildman–Crippen MR) is 179 cm³/mol. The van der Waals surface area contributed by atoms with E-state index in [1.165, 1.54) is 14.2 Å². The average molecular weight is 664 g/mol. The second kappa shape index (κ2) is 15.6. The number of methoxy groups -OCH3 is 2. The number of aryl methyl sites for hydroxylation is 1. The fourth-order valence-electron chi connectivity index (χ4n) is 6.87. The van der Waals surface area contributed by atoms with E-state index in [9.17, 15) is 25.2 Å². The number of carbonyl (C=O) groups is 1. The van der Waals surface area contributed by atoms with Crippen molar-refractivity contribution >= 4 is 11.8 Å². The van der Waals surface area contributed by atoms with Crippen LogP contribution in [0.25, 0.3) is 0 Å². The number of carboxylic acid groups (broad SMARTS) is 1. The molecular formula is C36H45N3O9. The Hall–Kier alpha value is -4.52. The Balaban J connectivity index is 1.34. The minimum atomic E-state index is -0.942. The Labute approximate surface area is 280 Å². The number of phenols is 2. The lowest BCUT2D eigenvalue weighted by Gasteiger charge is -2.34. The second-order valence-electron chi connectivity index (χ2n) is 12.3. The molecule has 0 saturated carbocycles. The van der Waals surface area contributed by atoms with E-state index in [0.29, 0.717) is 49.4 Å². The minimum Gasteiger partial charge on any atom is -0.504 e. The van der Waals surface area contributed by atoms with Gasteiger partial charge in [0, 0.05) is 30.5 Å². The van der Waals surface area contributed by atoms with E-state index in [-0.39, 0.29) is 41.6 Å². The molecule has 258 valence electrons. The zero-order chi connectivity index (χ0) is 34.4. The first kappa shape index (κ1) is 34.8. The summed E-state index contributed by atoms with van der Waals surface area (Å²) in [5, 5.41) is 45.3. The summed E-state index contributed by atoms with van der Waals surface area (Å²) in [5.74, 6) is -1.41. The van der Waals surface area contributed by atoms with E-state index in [0.717, 1.165) is 11.1 Å². The molecule has 1 fully saturated rings. The Morgan fingerprint density at radius 1 is 1.04 bits per heavy atom. The van der Waals surface area contributed by atoms with Gasteiger partial charge >= 0.3 is 5.97 Å². The normalized spacial score (nSPS) is 24.2. The van der Waals surface area contributed by atoms with Crippen LogP contribution in [0.1, 0.15) is 54.9 Å². The largest absolute Gasteiger partial charge is 0.504 e. The number of aliphatic carboxylic acids is 1. The number of ether oxygens (including phenoxy) is 4. The lowest BCUT2D eigenvalue weighted by atomic mass is 9.79. The molecule has 48 heavy (non-hydrogen) atoms. The van der Waals surface area contributed by atoms with Gasteiger partial charge in [-0.2, -0.15) is 0 Å². The van der Waals surface area contributed by atoms with Crippen molar-refractivity contribution in [3.63, 3.8) is 0 Å². The number of aromatic hydroxyl groups is 2. The van der Waals surface area contributed by atoms with Crippen molar-refractivity contribution in [1.29, 1.82) is 0 Å². The van der Waals surface area contributed by atoms with Gasteiger partial charge in [0.1, 0.15) is 12.4 Å². The van der Waals surface area contributed by atoms with Crippen LogP contribution < -0.4 is 25.3 Å². The lowest BCUT2D eigenvalue weighted by Crippen LogP contribution is -2.46. The monoisotopic (exact) mass is 663 g/mol. The van der Waals surface area contributed by atoms with Gasteiger partial charge in [-0.25, -0.2) is 4.98 Å². The molecule has 0 radical (unpaired) electrons. The highest BCUT2D eigenvalue weighted by Gasteiger charge is 2.42. The molecule has 2 heterocycles. The first-order valence-corrected chi connectivity index (χ1v) is 16.2. The second-order valence-corrected chi connectivity index (χ2v) is 12.3. The van der Waals surface area contributed by atoms with Crippen molar-refractivity contribution in [1.82, 2.24) is 10.3 Å².